The van der Waals surface area contributed by atoms with Crippen LogP contribution in [0.4, 0.5) is 0 Å². The van der Waals surface area contributed by atoms with Crippen LogP contribution in [-0.4, -0.2) is 54.0 Å². The van der Waals surface area contributed by atoms with Crippen molar-refractivity contribution in [3.8, 4) is 0 Å². The van der Waals surface area contributed by atoms with E-state index in [1.165, 1.54) is 12.8 Å². The topological polar surface area (TPSA) is 40.5 Å². The molecular weight excluding hydrogens is 258 g/mol. The molecule has 19 heavy (non-hydrogen) atoms. The van der Waals surface area contributed by atoms with E-state index >= 15 is 0 Å². The first-order valence-corrected chi connectivity index (χ1v) is 8.68. The van der Waals surface area contributed by atoms with Gasteiger partial charge in [0.15, 0.2) is 0 Å². The van der Waals surface area contributed by atoms with Crippen molar-refractivity contribution >= 4 is 17.5 Å². The molecule has 0 radical (unpaired) electrons. The van der Waals surface area contributed by atoms with E-state index in [1.807, 2.05) is 0 Å². The number of thioether (sulfide) groups is 1. The molecule has 3 nitrogen and oxygen atoms in total. The first-order valence-electron chi connectivity index (χ1n) is 7.39. The van der Waals surface area contributed by atoms with Gasteiger partial charge in [0.2, 0.25) is 0 Å². The van der Waals surface area contributed by atoms with Crippen LogP contribution in [0.3, 0.4) is 0 Å². The maximum Gasteiger partial charge on any atom is 0.132 e. The van der Waals surface area contributed by atoms with E-state index in [-0.39, 0.29) is 6.61 Å². The summed E-state index contributed by atoms with van der Waals surface area (Å²) in [6.45, 7) is 4.20. The van der Waals surface area contributed by atoms with Crippen LogP contribution in [0.5, 0.6) is 0 Å². The number of nitrogens with zero attached hydrogens (tertiary/aromatic N) is 1. The summed E-state index contributed by atoms with van der Waals surface area (Å²) in [4.78, 5) is 13.7. The summed E-state index contributed by atoms with van der Waals surface area (Å²) in [5, 5.41) is 9.54. The fraction of sp³-hybridized carbons (Fsp3) is 0.933. The summed E-state index contributed by atoms with van der Waals surface area (Å²) in [5.41, 5.74) is 0. The average Bonchev–Trinajstić information content (AvgIpc) is 2.40. The van der Waals surface area contributed by atoms with Gasteiger partial charge in [-0.25, -0.2) is 0 Å². The molecule has 0 aromatic carbocycles. The molecular formula is C15H29NO2S. The highest BCUT2D eigenvalue weighted by atomic mass is 32.2. The number of ketones is 1. The zero-order valence-corrected chi connectivity index (χ0v) is 13.4. The number of hydrogen-bond acceptors (Lipinski definition) is 4. The van der Waals surface area contributed by atoms with Crippen LogP contribution in [-0.2, 0) is 4.79 Å². The lowest BCUT2D eigenvalue weighted by Crippen LogP contribution is -2.31. The summed E-state index contributed by atoms with van der Waals surface area (Å²) in [6.07, 6.45) is 7.66. The van der Waals surface area contributed by atoms with Crippen LogP contribution in [0.1, 0.15) is 39.0 Å². The first-order chi connectivity index (χ1) is 9.06. The zero-order chi connectivity index (χ0) is 14.3. The van der Waals surface area contributed by atoms with Gasteiger partial charge in [-0.1, -0.05) is 0 Å². The summed E-state index contributed by atoms with van der Waals surface area (Å²) in [5.74, 6) is 1.46. The van der Waals surface area contributed by atoms with Gasteiger partial charge in [0.1, 0.15) is 5.78 Å². The molecule has 1 atom stereocenters. The van der Waals surface area contributed by atoms with Gasteiger partial charge in [-0.15, -0.1) is 0 Å². The Labute approximate surface area is 122 Å². The molecule has 0 spiro atoms. The van der Waals surface area contributed by atoms with Crippen molar-refractivity contribution in [3.63, 3.8) is 0 Å². The molecule has 0 aromatic rings. The van der Waals surface area contributed by atoms with Crippen LogP contribution in [0, 0.1) is 11.8 Å². The lowest BCUT2D eigenvalue weighted by molar-refractivity contribution is -0.121. The van der Waals surface area contributed by atoms with E-state index in [4.69, 9.17) is 0 Å². The largest absolute Gasteiger partial charge is 0.395 e. The lowest BCUT2D eigenvalue weighted by Gasteiger charge is -2.30. The van der Waals surface area contributed by atoms with E-state index < -0.39 is 0 Å². The third-order valence-electron chi connectivity index (χ3n) is 4.36. The molecule has 0 aliphatic heterocycles. The SMILES string of the molecule is CSC(CO)CCN(C)CC1CCC(C(C)=O)CC1. The van der Waals surface area contributed by atoms with Crippen molar-refractivity contribution in [1.82, 2.24) is 4.90 Å². The third-order valence-corrected chi connectivity index (χ3v) is 5.41. The Morgan fingerprint density at radius 1 is 1.37 bits per heavy atom. The van der Waals surface area contributed by atoms with Gasteiger partial charge in [-0.3, -0.25) is 4.79 Å². The Morgan fingerprint density at radius 3 is 2.47 bits per heavy atom. The second kappa shape index (κ2) is 8.98. The Balaban J connectivity index is 2.19. The van der Waals surface area contributed by atoms with Gasteiger partial charge in [0.05, 0.1) is 6.61 Å². The molecule has 112 valence electrons. The zero-order valence-electron chi connectivity index (χ0n) is 12.6. The lowest BCUT2D eigenvalue weighted by atomic mass is 9.80. The summed E-state index contributed by atoms with van der Waals surface area (Å²) in [7, 11) is 2.17. The van der Waals surface area contributed by atoms with E-state index in [0.717, 1.165) is 38.3 Å². The number of aliphatic hydroxyl groups excluding tert-OH is 1. The average molecular weight is 287 g/mol. The molecule has 4 heteroatoms. The molecule has 1 aliphatic carbocycles. The highest BCUT2D eigenvalue weighted by molar-refractivity contribution is 7.99. The molecule has 1 rings (SSSR count). The molecule has 0 amide bonds. The van der Waals surface area contributed by atoms with E-state index in [2.05, 4.69) is 18.2 Å². The molecule has 1 unspecified atom stereocenters. The van der Waals surface area contributed by atoms with E-state index in [9.17, 15) is 9.90 Å². The number of Topliss-reactive ketones (excluding diaryl/α,β-unsaturated/α-hetero) is 1. The molecule has 1 saturated carbocycles. The first kappa shape index (κ1) is 17.0. The molecule has 0 aromatic heterocycles. The van der Waals surface area contributed by atoms with Crippen molar-refractivity contribution in [3.05, 3.63) is 0 Å². The molecule has 0 bridgehead atoms. The monoisotopic (exact) mass is 287 g/mol. The Hall–Kier alpha value is -0.0600. The van der Waals surface area contributed by atoms with Crippen LogP contribution < -0.4 is 0 Å². The summed E-state index contributed by atoms with van der Waals surface area (Å²) >= 11 is 1.75. The second-order valence-corrected chi connectivity index (χ2v) is 7.06. The minimum atomic E-state index is 0.277. The number of carbonyl (C=O) groups is 1. The molecule has 0 heterocycles. The summed E-state index contributed by atoms with van der Waals surface area (Å²) < 4.78 is 0. The minimum absolute atomic E-state index is 0.277. The van der Waals surface area contributed by atoms with Crippen molar-refractivity contribution in [1.29, 1.82) is 0 Å². The highest BCUT2D eigenvalue weighted by Crippen LogP contribution is 2.29. The number of rotatable bonds is 8. The predicted molar refractivity (Wildman–Crippen MR) is 82.6 cm³/mol. The van der Waals surface area contributed by atoms with Crippen LogP contribution in [0.2, 0.25) is 0 Å². The molecule has 1 aliphatic rings. The Kier molecular flexibility index (Phi) is 8.03. The van der Waals surface area contributed by atoms with Crippen molar-refractivity contribution in [2.24, 2.45) is 11.8 Å². The number of carbonyl (C=O) groups excluding carboxylic acids is 1. The Morgan fingerprint density at radius 2 is 2.00 bits per heavy atom. The smallest absolute Gasteiger partial charge is 0.132 e. The van der Waals surface area contributed by atoms with Gasteiger partial charge < -0.3 is 10.0 Å². The van der Waals surface area contributed by atoms with Crippen LogP contribution in [0.15, 0.2) is 0 Å². The van der Waals surface area contributed by atoms with E-state index in [0.29, 0.717) is 17.0 Å². The van der Waals surface area contributed by atoms with Gasteiger partial charge >= 0.3 is 0 Å². The fourth-order valence-electron chi connectivity index (χ4n) is 2.93. The maximum atomic E-state index is 11.3. The minimum Gasteiger partial charge on any atom is -0.395 e. The third kappa shape index (κ3) is 6.28. The molecule has 1 fully saturated rings. The van der Waals surface area contributed by atoms with Crippen molar-refractivity contribution < 1.29 is 9.90 Å². The van der Waals surface area contributed by atoms with Crippen LogP contribution in [0.25, 0.3) is 0 Å². The van der Waals surface area contributed by atoms with Crippen molar-refractivity contribution in [2.75, 3.05) is 33.0 Å². The normalized spacial score (nSPS) is 25.5. The van der Waals surface area contributed by atoms with E-state index in [1.54, 1.807) is 18.7 Å². The summed E-state index contributed by atoms with van der Waals surface area (Å²) in [6, 6.07) is 0. The Bertz CT molecular complexity index is 261. The van der Waals surface area contributed by atoms with Gasteiger partial charge in [-0.05, 0) is 64.8 Å². The molecule has 1 N–H and O–H groups in total. The predicted octanol–water partition coefficient (Wildman–Crippen LogP) is 2.43. The van der Waals surface area contributed by atoms with Crippen LogP contribution >= 0.6 is 11.8 Å². The fourth-order valence-corrected chi connectivity index (χ4v) is 3.42. The number of hydrogen-bond donors (Lipinski definition) is 1. The van der Waals surface area contributed by atoms with Gasteiger partial charge in [0, 0.05) is 17.7 Å². The maximum absolute atomic E-state index is 11.3. The number of aliphatic hydroxyl groups is 1. The van der Waals surface area contributed by atoms with Gasteiger partial charge in [0.25, 0.3) is 0 Å². The molecule has 0 saturated heterocycles. The quantitative estimate of drug-likeness (QED) is 0.744. The van der Waals surface area contributed by atoms with Crippen molar-refractivity contribution in [2.45, 2.75) is 44.3 Å². The highest BCUT2D eigenvalue weighted by Gasteiger charge is 2.24. The standard InChI is InChI=1S/C15H29NO2S/c1-12(18)14-6-4-13(5-7-14)10-16(2)9-8-15(11-17)19-3/h13-15,17H,4-11H2,1-3H3. The van der Waals surface area contributed by atoms with Gasteiger partial charge in [-0.2, -0.15) is 11.8 Å². The second-order valence-electron chi connectivity index (χ2n) is 5.92.